The van der Waals surface area contributed by atoms with Crippen LogP contribution in [0.3, 0.4) is 0 Å². The van der Waals surface area contributed by atoms with E-state index in [0.717, 1.165) is 0 Å². The molecule has 0 N–H and O–H groups in total. The maximum atomic E-state index is 12.5. The van der Waals surface area contributed by atoms with Crippen LogP contribution in [0.1, 0.15) is 23.2 Å². The van der Waals surface area contributed by atoms with Crippen LogP contribution >= 0.6 is 11.6 Å². The van der Waals surface area contributed by atoms with Crippen LogP contribution in [-0.2, 0) is 0 Å². The number of hydrogen-bond acceptors (Lipinski definition) is 3. The summed E-state index contributed by atoms with van der Waals surface area (Å²) < 4.78 is 42.5. The number of carbonyl (C=O) groups is 1. The Morgan fingerprint density at radius 2 is 2.10 bits per heavy atom. The van der Waals surface area contributed by atoms with E-state index >= 15 is 0 Å². The fourth-order valence-corrected chi connectivity index (χ4v) is 2.36. The third kappa shape index (κ3) is 4.61. The van der Waals surface area contributed by atoms with E-state index in [0.29, 0.717) is 18.6 Å². The van der Waals surface area contributed by atoms with Gasteiger partial charge in [0.05, 0.1) is 25.2 Å². The molecule has 0 unspecified atom stereocenters. The van der Waals surface area contributed by atoms with Crippen LogP contribution in [0.25, 0.3) is 0 Å². The minimum absolute atomic E-state index is 0.149. The molecular formula is C14H15ClF3NO2. The highest BCUT2D eigenvalue weighted by molar-refractivity contribution is 6.32. The zero-order valence-electron chi connectivity index (χ0n) is 11.4. The monoisotopic (exact) mass is 321 g/mol. The zero-order valence-corrected chi connectivity index (χ0v) is 12.2. The highest BCUT2D eigenvalue weighted by Crippen LogP contribution is 2.31. The van der Waals surface area contributed by atoms with E-state index in [4.69, 9.17) is 16.3 Å². The maximum absolute atomic E-state index is 12.5. The molecule has 0 aliphatic heterocycles. The highest BCUT2D eigenvalue weighted by Gasteiger charge is 2.38. The Bertz CT molecular complexity index is 529. The van der Waals surface area contributed by atoms with E-state index < -0.39 is 12.7 Å². The zero-order chi connectivity index (χ0) is 15.6. The van der Waals surface area contributed by atoms with Crippen molar-refractivity contribution in [1.82, 2.24) is 4.90 Å². The third-order valence-electron chi connectivity index (χ3n) is 3.27. The summed E-state index contributed by atoms with van der Waals surface area (Å²) in [5.41, 5.74) is 0.286. The first-order valence-corrected chi connectivity index (χ1v) is 6.85. The molecule has 116 valence electrons. The minimum Gasteiger partial charge on any atom is -0.495 e. The number of carbonyl (C=O) groups excluding carboxylic acids is 1. The lowest BCUT2D eigenvalue weighted by molar-refractivity contribution is -0.145. The number of benzene rings is 1. The average molecular weight is 322 g/mol. The number of rotatable bonds is 6. The number of alkyl halides is 3. The van der Waals surface area contributed by atoms with Crippen molar-refractivity contribution in [3.05, 3.63) is 28.8 Å². The number of ketones is 1. The Kier molecular flexibility index (Phi) is 4.78. The first-order valence-electron chi connectivity index (χ1n) is 6.47. The molecule has 1 aliphatic rings. The molecule has 0 atom stereocenters. The van der Waals surface area contributed by atoms with Gasteiger partial charge in [-0.3, -0.25) is 9.69 Å². The van der Waals surface area contributed by atoms with Crippen LogP contribution in [-0.4, -0.2) is 43.1 Å². The molecule has 3 nitrogen and oxygen atoms in total. The maximum Gasteiger partial charge on any atom is 0.401 e. The summed E-state index contributed by atoms with van der Waals surface area (Å²) in [5, 5.41) is 0.261. The predicted molar refractivity (Wildman–Crippen MR) is 73.0 cm³/mol. The van der Waals surface area contributed by atoms with Crippen LogP contribution < -0.4 is 4.74 Å². The molecule has 0 heterocycles. The summed E-state index contributed by atoms with van der Waals surface area (Å²) >= 11 is 5.92. The fraction of sp³-hybridized carbons (Fsp3) is 0.500. The molecule has 1 aromatic carbocycles. The van der Waals surface area contributed by atoms with Crippen molar-refractivity contribution >= 4 is 17.4 Å². The molecule has 1 aromatic rings. The van der Waals surface area contributed by atoms with Crippen LogP contribution in [0.5, 0.6) is 5.75 Å². The van der Waals surface area contributed by atoms with Gasteiger partial charge in [-0.25, -0.2) is 0 Å². The summed E-state index contributed by atoms with van der Waals surface area (Å²) in [5.74, 6) is 0.0401. The summed E-state index contributed by atoms with van der Waals surface area (Å²) in [6, 6.07) is 4.30. The summed E-state index contributed by atoms with van der Waals surface area (Å²) in [6.45, 7) is -1.32. The highest BCUT2D eigenvalue weighted by atomic mass is 35.5. The summed E-state index contributed by atoms with van der Waals surface area (Å²) in [6.07, 6.45) is -2.90. The van der Waals surface area contributed by atoms with Gasteiger partial charge in [-0.2, -0.15) is 13.2 Å². The lowest BCUT2D eigenvalue weighted by Gasteiger charge is -2.22. The topological polar surface area (TPSA) is 29.5 Å². The summed E-state index contributed by atoms with van der Waals surface area (Å²) in [7, 11) is 1.45. The minimum atomic E-state index is -4.31. The molecule has 0 spiro atoms. The molecule has 0 bridgehead atoms. The summed E-state index contributed by atoms with van der Waals surface area (Å²) in [4.78, 5) is 13.3. The Morgan fingerprint density at radius 3 is 2.57 bits per heavy atom. The second-order valence-corrected chi connectivity index (χ2v) is 5.43. The molecule has 0 amide bonds. The largest absolute Gasteiger partial charge is 0.495 e. The molecular weight excluding hydrogens is 307 g/mol. The van der Waals surface area contributed by atoms with E-state index in [1.54, 1.807) is 0 Å². The van der Waals surface area contributed by atoms with Gasteiger partial charge >= 0.3 is 6.18 Å². The normalized spacial score (nSPS) is 15.3. The third-order valence-corrected chi connectivity index (χ3v) is 3.56. The Balaban J connectivity index is 2.06. The molecule has 0 radical (unpaired) electrons. The molecule has 21 heavy (non-hydrogen) atoms. The van der Waals surface area contributed by atoms with Crippen molar-refractivity contribution in [2.45, 2.75) is 25.1 Å². The molecule has 0 aromatic heterocycles. The lowest BCUT2D eigenvalue weighted by atomic mass is 10.1. The first kappa shape index (κ1) is 16.1. The van der Waals surface area contributed by atoms with Gasteiger partial charge in [-0.15, -0.1) is 0 Å². The van der Waals surface area contributed by atoms with Gasteiger partial charge in [0.25, 0.3) is 0 Å². The van der Waals surface area contributed by atoms with Gasteiger partial charge in [-0.05, 0) is 31.0 Å². The van der Waals surface area contributed by atoms with Gasteiger partial charge < -0.3 is 4.74 Å². The van der Waals surface area contributed by atoms with E-state index in [9.17, 15) is 18.0 Å². The van der Waals surface area contributed by atoms with Crippen LogP contribution in [0.2, 0.25) is 5.02 Å². The molecule has 1 fully saturated rings. The number of methoxy groups -OCH3 is 1. The SMILES string of the molecule is COc1ccc(C(=O)CN(CC(F)(F)F)C2CC2)cc1Cl. The Hall–Kier alpha value is -1.27. The first-order chi connectivity index (χ1) is 9.80. The van der Waals surface area contributed by atoms with Crippen molar-refractivity contribution in [2.75, 3.05) is 20.2 Å². The van der Waals surface area contributed by atoms with Crippen LogP contribution in [0.15, 0.2) is 18.2 Å². The van der Waals surface area contributed by atoms with Crippen molar-refractivity contribution < 1.29 is 22.7 Å². The molecule has 7 heteroatoms. The van der Waals surface area contributed by atoms with Gasteiger partial charge in [0.15, 0.2) is 5.78 Å². The smallest absolute Gasteiger partial charge is 0.401 e. The molecule has 1 saturated carbocycles. The van der Waals surface area contributed by atoms with E-state index in [-0.39, 0.29) is 29.0 Å². The van der Waals surface area contributed by atoms with Gasteiger partial charge in [0.1, 0.15) is 5.75 Å². The molecule has 0 saturated heterocycles. The van der Waals surface area contributed by atoms with Gasteiger partial charge in [0.2, 0.25) is 0 Å². The number of Topliss-reactive ketones (excluding diaryl/α,β-unsaturated/α-hetero) is 1. The lowest BCUT2D eigenvalue weighted by Crippen LogP contribution is -2.39. The van der Waals surface area contributed by atoms with Crippen molar-refractivity contribution in [3.8, 4) is 5.75 Å². The van der Waals surface area contributed by atoms with Crippen molar-refractivity contribution in [1.29, 1.82) is 0 Å². The van der Waals surface area contributed by atoms with Gasteiger partial charge in [-0.1, -0.05) is 11.6 Å². The Morgan fingerprint density at radius 1 is 1.43 bits per heavy atom. The van der Waals surface area contributed by atoms with Crippen molar-refractivity contribution in [2.24, 2.45) is 0 Å². The Labute approximate surface area is 125 Å². The van der Waals surface area contributed by atoms with E-state index in [1.807, 2.05) is 0 Å². The second-order valence-electron chi connectivity index (χ2n) is 5.02. The molecule has 1 aliphatic carbocycles. The van der Waals surface area contributed by atoms with Crippen LogP contribution in [0, 0.1) is 0 Å². The number of halogens is 4. The number of nitrogens with zero attached hydrogens (tertiary/aromatic N) is 1. The number of hydrogen-bond donors (Lipinski definition) is 0. The second kappa shape index (κ2) is 6.23. The van der Waals surface area contributed by atoms with Gasteiger partial charge in [0, 0.05) is 11.6 Å². The average Bonchev–Trinajstić information content (AvgIpc) is 3.20. The number of ether oxygens (including phenoxy) is 1. The quantitative estimate of drug-likeness (QED) is 0.750. The standard InChI is InChI=1S/C14H15ClF3NO2/c1-21-13-5-2-9(6-11(13)15)12(20)7-19(10-3-4-10)8-14(16,17)18/h2,5-6,10H,3-4,7-8H2,1H3. The fourth-order valence-electron chi connectivity index (χ4n) is 2.10. The predicted octanol–water partition coefficient (Wildman–Crippen LogP) is 3.56. The van der Waals surface area contributed by atoms with E-state index in [2.05, 4.69) is 0 Å². The molecule has 2 rings (SSSR count). The van der Waals surface area contributed by atoms with E-state index in [1.165, 1.54) is 30.2 Å². The van der Waals surface area contributed by atoms with Crippen molar-refractivity contribution in [3.63, 3.8) is 0 Å². The van der Waals surface area contributed by atoms with Crippen LogP contribution in [0.4, 0.5) is 13.2 Å².